The van der Waals surface area contributed by atoms with E-state index in [9.17, 15) is 13.2 Å². The van der Waals surface area contributed by atoms with Crippen molar-refractivity contribution in [2.24, 2.45) is 0 Å². The normalized spacial score (nSPS) is 12.9. The maximum Gasteiger partial charge on any atom is 0.416 e. The minimum atomic E-state index is -4.36. The molecule has 0 bridgehead atoms. The fourth-order valence-electron chi connectivity index (χ4n) is 1.65. The predicted octanol–water partition coefficient (Wildman–Crippen LogP) is 4.75. The number of hydrogen-bond donors (Lipinski definition) is 2. The van der Waals surface area contributed by atoms with Crippen molar-refractivity contribution in [1.82, 2.24) is 5.32 Å². The molecule has 0 spiro atoms. The average molecular weight is 304 g/mol. The van der Waals surface area contributed by atoms with Gasteiger partial charge in [0.15, 0.2) is 0 Å². The first-order valence-electron chi connectivity index (χ1n) is 6.25. The fourth-order valence-corrected chi connectivity index (χ4v) is 2.04. The van der Waals surface area contributed by atoms with Crippen molar-refractivity contribution in [2.45, 2.75) is 32.5 Å². The van der Waals surface area contributed by atoms with Gasteiger partial charge in [0.1, 0.15) is 0 Å². The van der Waals surface area contributed by atoms with Crippen LogP contribution in [0.15, 0.2) is 24.8 Å². The van der Waals surface area contributed by atoms with Crippen LogP contribution >= 0.6 is 11.9 Å². The lowest BCUT2D eigenvalue weighted by Gasteiger charge is -2.19. The molecule has 112 valence electrons. The van der Waals surface area contributed by atoms with Crippen molar-refractivity contribution < 1.29 is 13.2 Å². The van der Waals surface area contributed by atoms with Crippen LogP contribution in [0.5, 0.6) is 0 Å². The molecular formula is C14H19F3N2S. The van der Waals surface area contributed by atoms with E-state index < -0.39 is 11.7 Å². The molecule has 2 N–H and O–H groups in total. The number of hydrogen-bond acceptors (Lipinski definition) is 3. The molecule has 1 unspecified atom stereocenters. The van der Waals surface area contributed by atoms with Gasteiger partial charge in [-0.15, -0.1) is 0 Å². The zero-order chi connectivity index (χ0) is 15.3. The standard InChI is InChI=1S/C14H19F3N2S/c1-5-9(2)18-10(3)12-8-11(14(15,16)17)6-7-13(12)19-20-4/h6-9,18-19H,3,5H2,1-2,4H3. The van der Waals surface area contributed by atoms with Crippen LogP contribution in [-0.4, -0.2) is 12.3 Å². The fraction of sp³-hybridized carbons (Fsp3) is 0.429. The smallest absolute Gasteiger partial charge is 0.383 e. The second-order valence-corrected chi connectivity index (χ2v) is 5.11. The molecule has 0 heterocycles. The van der Waals surface area contributed by atoms with Gasteiger partial charge in [0.05, 0.1) is 11.3 Å². The summed E-state index contributed by atoms with van der Waals surface area (Å²) in [5.41, 5.74) is 0.869. The van der Waals surface area contributed by atoms with Gasteiger partial charge < -0.3 is 10.0 Å². The number of halogens is 3. The summed E-state index contributed by atoms with van der Waals surface area (Å²) in [5, 5.41) is 3.11. The second kappa shape index (κ2) is 6.92. The van der Waals surface area contributed by atoms with E-state index in [0.29, 0.717) is 16.9 Å². The highest BCUT2D eigenvalue weighted by molar-refractivity contribution is 7.99. The molecule has 0 aliphatic carbocycles. The minimum Gasteiger partial charge on any atom is -0.383 e. The second-order valence-electron chi connectivity index (χ2n) is 4.50. The van der Waals surface area contributed by atoms with Gasteiger partial charge in [-0.1, -0.05) is 25.5 Å². The highest BCUT2D eigenvalue weighted by Gasteiger charge is 2.31. The molecule has 0 saturated heterocycles. The van der Waals surface area contributed by atoms with Crippen LogP contribution in [0.2, 0.25) is 0 Å². The van der Waals surface area contributed by atoms with E-state index in [4.69, 9.17) is 0 Å². The van der Waals surface area contributed by atoms with Gasteiger partial charge in [-0.3, -0.25) is 0 Å². The summed E-state index contributed by atoms with van der Waals surface area (Å²) in [6, 6.07) is 3.77. The van der Waals surface area contributed by atoms with Crippen LogP contribution in [0.25, 0.3) is 5.70 Å². The number of nitrogens with one attached hydrogen (secondary N) is 2. The molecule has 0 radical (unpaired) electrons. The Bertz CT molecular complexity index is 472. The van der Waals surface area contributed by atoms with Crippen molar-refractivity contribution in [2.75, 3.05) is 11.0 Å². The molecule has 0 amide bonds. The molecular weight excluding hydrogens is 285 g/mol. The van der Waals surface area contributed by atoms with Gasteiger partial charge in [-0.25, -0.2) is 0 Å². The van der Waals surface area contributed by atoms with Crippen molar-refractivity contribution in [3.63, 3.8) is 0 Å². The van der Waals surface area contributed by atoms with E-state index >= 15 is 0 Å². The summed E-state index contributed by atoms with van der Waals surface area (Å²) in [6.45, 7) is 7.81. The van der Waals surface area contributed by atoms with Gasteiger partial charge in [0.2, 0.25) is 0 Å². The van der Waals surface area contributed by atoms with Crippen molar-refractivity contribution in [3.8, 4) is 0 Å². The van der Waals surface area contributed by atoms with Crippen LogP contribution in [0.3, 0.4) is 0 Å². The molecule has 0 aromatic heterocycles. The van der Waals surface area contributed by atoms with Gasteiger partial charge >= 0.3 is 6.18 Å². The molecule has 1 aromatic rings. The Kier molecular flexibility index (Phi) is 5.80. The van der Waals surface area contributed by atoms with E-state index in [0.717, 1.165) is 18.6 Å². The molecule has 0 aliphatic rings. The molecule has 2 nitrogen and oxygen atoms in total. The molecule has 6 heteroatoms. The third-order valence-electron chi connectivity index (χ3n) is 2.92. The number of anilines is 1. The number of benzene rings is 1. The molecule has 1 atom stereocenters. The average Bonchev–Trinajstić information content (AvgIpc) is 2.37. The lowest BCUT2D eigenvalue weighted by atomic mass is 10.1. The zero-order valence-electron chi connectivity index (χ0n) is 11.8. The van der Waals surface area contributed by atoms with Crippen LogP contribution < -0.4 is 10.0 Å². The third kappa shape index (κ3) is 4.37. The maximum absolute atomic E-state index is 12.8. The third-order valence-corrected chi connectivity index (χ3v) is 3.34. The van der Waals surface area contributed by atoms with Gasteiger partial charge in [-0.2, -0.15) is 13.2 Å². The molecule has 1 rings (SSSR count). The first-order chi connectivity index (χ1) is 9.29. The number of alkyl halides is 3. The first kappa shape index (κ1) is 16.8. The summed E-state index contributed by atoms with van der Waals surface area (Å²) in [5.74, 6) is 0. The van der Waals surface area contributed by atoms with Gasteiger partial charge in [0, 0.05) is 23.6 Å². The van der Waals surface area contributed by atoms with Gasteiger partial charge in [0.25, 0.3) is 0 Å². The summed E-state index contributed by atoms with van der Waals surface area (Å²) in [6.07, 6.45) is -1.68. The van der Waals surface area contributed by atoms with E-state index in [-0.39, 0.29) is 6.04 Å². The Morgan fingerprint density at radius 3 is 2.55 bits per heavy atom. The van der Waals surface area contributed by atoms with Crippen molar-refractivity contribution in [1.29, 1.82) is 0 Å². The molecule has 20 heavy (non-hydrogen) atoms. The Morgan fingerprint density at radius 2 is 2.05 bits per heavy atom. The van der Waals surface area contributed by atoms with Crippen LogP contribution in [0.1, 0.15) is 31.4 Å². The van der Waals surface area contributed by atoms with Crippen LogP contribution in [-0.2, 0) is 6.18 Å². The zero-order valence-corrected chi connectivity index (χ0v) is 12.6. The highest BCUT2D eigenvalue weighted by atomic mass is 32.2. The van der Waals surface area contributed by atoms with E-state index in [1.165, 1.54) is 18.0 Å². The minimum absolute atomic E-state index is 0.152. The SMILES string of the molecule is C=C(NC(C)CC)c1cc(C(F)(F)F)ccc1NSC. The summed E-state index contributed by atoms with van der Waals surface area (Å²) >= 11 is 1.32. The van der Waals surface area contributed by atoms with E-state index in [1.54, 1.807) is 0 Å². The Hall–Kier alpha value is -1.30. The largest absolute Gasteiger partial charge is 0.416 e. The topological polar surface area (TPSA) is 24.1 Å². The number of rotatable bonds is 6. The van der Waals surface area contributed by atoms with Crippen molar-refractivity contribution in [3.05, 3.63) is 35.9 Å². The monoisotopic (exact) mass is 304 g/mol. The maximum atomic E-state index is 12.8. The summed E-state index contributed by atoms with van der Waals surface area (Å²) in [4.78, 5) is 0. The molecule has 1 aromatic carbocycles. The highest BCUT2D eigenvalue weighted by Crippen LogP contribution is 2.34. The predicted molar refractivity (Wildman–Crippen MR) is 80.5 cm³/mol. The van der Waals surface area contributed by atoms with Crippen molar-refractivity contribution >= 4 is 23.3 Å². The van der Waals surface area contributed by atoms with Gasteiger partial charge in [-0.05, 0) is 31.5 Å². The Balaban J connectivity index is 3.14. The van der Waals surface area contributed by atoms with E-state index in [2.05, 4.69) is 16.6 Å². The van der Waals surface area contributed by atoms with E-state index in [1.807, 2.05) is 20.1 Å². The van der Waals surface area contributed by atoms with Crippen LogP contribution in [0, 0.1) is 0 Å². The van der Waals surface area contributed by atoms with Crippen LogP contribution in [0.4, 0.5) is 18.9 Å². The first-order valence-corrected chi connectivity index (χ1v) is 7.48. The molecule has 0 aliphatic heterocycles. The quantitative estimate of drug-likeness (QED) is 0.741. The summed E-state index contributed by atoms with van der Waals surface area (Å²) < 4.78 is 41.4. The summed E-state index contributed by atoms with van der Waals surface area (Å²) in [7, 11) is 0. The molecule has 0 fully saturated rings. The Morgan fingerprint density at radius 1 is 1.40 bits per heavy atom. The molecule has 0 saturated carbocycles. The Labute approximate surface area is 122 Å². The lowest BCUT2D eigenvalue weighted by Crippen LogP contribution is -2.23. The lowest BCUT2D eigenvalue weighted by molar-refractivity contribution is -0.137.